The molecule has 0 unspecified atom stereocenters. The van der Waals surface area contributed by atoms with Gasteiger partial charge >= 0.3 is 0 Å². The zero-order valence-electron chi connectivity index (χ0n) is 21.8. The largest absolute Gasteiger partial charge is 0.495 e. The number of ether oxygens (including phenoxy) is 1. The van der Waals surface area contributed by atoms with Gasteiger partial charge in [0.25, 0.3) is 0 Å². The Morgan fingerprint density at radius 1 is 0.973 bits per heavy atom. The van der Waals surface area contributed by atoms with Gasteiger partial charge in [0.1, 0.15) is 17.2 Å². The van der Waals surface area contributed by atoms with Gasteiger partial charge in [0.15, 0.2) is 0 Å². The molecule has 1 aliphatic carbocycles. The van der Waals surface area contributed by atoms with Crippen LogP contribution in [0.25, 0.3) is 33.5 Å². The summed E-state index contributed by atoms with van der Waals surface area (Å²) in [6.07, 6.45) is 14.0. The molecule has 0 atom stereocenters. The van der Waals surface area contributed by atoms with Crippen molar-refractivity contribution in [2.24, 2.45) is 14.1 Å². The highest BCUT2D eigenvalue weighted by molar-refractivity contribution is 5.85. The van der Waals surface area contributed by atoms with E-state index in [-0.39, 0.29) is 0 Å². The Bertz CT molecular complexity index is 1550. The topological polar surface area (TPSA) is 87.6 Å². The number of aryl methyl sites for hydroxylation is 3. The van der Waals surface area contributed by atoms with Crippen molar-refractivity contribution in [3.8, 4) is 28.3 Å². The van der Waals surface area contributed by atoms with Crippen LogP contribution in [-0.4, -0.2) is 41.0 Å². The molecule has 6 rings (SSSR count). The molecule has 1 aromatic carbocycles. The number of fused-ring (bicyclic) bond motifs is 1. The normalized spacial score (nSPS) is 14.4. The highest BCUT2D eigenvalue weighted by Crippen LogP contribution is 2.38. The van der Waals surface area contributed by atoms with Crippen molar-refractivity contribution in [2.45, 2.75) is 45.1 Å². The van der Waals surface area contributed by atoms with Gasteiger partial charge < -0.3 is 19.2 Å². The number of hydrogen-bond acceptors (Lipinski definition) is 6. The first-order valence-electron chi connectivity index (χ1n) is 12.8. The van der Waals surface area contributed by atoms with Crippen LogP contribution >= 0.6 is 0 Å². The average molecular weight is 497 g/mol. The molecular formula is C28H32N8O. The molecule has 0 radical (unpaired) electrons. The van der Waals surface area contributed by atoms with E-state index in [4.69, 9.17) is 9.72 Å². The second kappa shape index (κ2) is 9.38. The van der Waals surface area contributed by atoms with Gasteiger partial charge in [-0.15, -0.1) is 0 Å². The first-order valence-corrected chi connectivity index (χ1v) is 12.8. The molecule has 0 saturated heterocycles. The number of imidazole rings is 1. The standard InChI is InChI=1S/C28H32N8O/c1-18-31-24(17-34(18)2)19-10-11-23(26(13-19)37-4)32-28-29-14-20-12-25(21-15-30-35(3)16-21)36(27(20)33-28)22-8-6-5-7-9-22/h10-17,22H,5-9H2,1-4H3,(H,29,32,33). The second-order valence-corrected chi connectivity index (χ2v) is 9.89. The predicted octanol–water partition coefficient (Wildman–Crippen LogP) is 5.80. The Morgan fingerprint density at radius 2 is 1.81 bits per heavy atom. The number of methoxy groups -OCH3 is 1. The molecule has 9 nitrogen and oxygen atoms in total. The minimum absolute atomic E-state index is 0.417. The second-order valence-electron chi connectivity index (χ2n) is 9.89. The Morgan fingerprint density at radius 3 is 2.51 bits per heavy atom. The van der Waals surface area contributed by atoms with Crippen LogP contribution in [0.3, 0.4) is 0 Å². The highest BCUT2D eigenvalue weighted by atomic mass is 16.5. The number of aromatic nitrogens is 7. The summed E-state index contributed by atoms with van der Waals surface area (Å²) in [5.74, 6) is 2.22. The van der Waals surface area contributed by atoms with Crippen LogP contribution in [0.5, 0.6) is 5.75 Å². The lowest BCUT2D eigenvalue weighted by Crippen LogP contribution is -2.14. The van der Waals surface area contributed by atoms with Crippen LogP contribution in [0.2, 0.25) is 0 Å². The van der Waals surface area contributed by atoms with Crippen LogP contribution in [0.1, 0.15) is 44.0 Å². The smallest absolute Gasteiger partial charge is 0.229 e. The summed E-state index contributed by atoms with van der Waals surface area (Å²) in [6.45, 7) is 1.99. The van der Waals surface area contributed by atoms with Gasteiger partial charge in [0, 0.05) is 55.2 Å². The van der Waals surface area contributed by atoms with E-state index in [0.29, 0.717) is 17.7 Å². The number of nitrogens with one attached hydrogen (secondary N) is 1. The fourth-order valence-corrected chi connectivity index (χ4v) is 5.33. The van der Waals surface area contributed by atoms with Gasteiger partial charge in [-0.3, -0.25) is 4.68 Å². The quantitative estimate of drug-likeness (QED) is 0.320. The van der Waals surface area contributed by atoms with Crippen molar-refractivity contribution >= 4 is 22.7 Å². The van der Waals surface area contributed by atoms with Crippen molar-refractivity contribution in [2.75, 3.05) is 12.4 Å². The van der Waals surface area contributed by atoms with E-state index in [1.807, 2.05) is 67.1 Å². The summed E-state index contributed by atoms with van der Waals surface area (Å²) in [6, 6.07) is 8.63. The van der Waals surface area contributed by atoms with E-state index in [2.05, 4.69) is 37.2 Å². The summed E-state index contributed by atoms with van der Waals surface area (Å²) in [5, 5.41) is 8.83. The Hall–Kier alpha value is -4.14. The van der Waals surface area contributed by atoms with Crippen LogP contribution in [0.15, 0.2) is 49.1 Å². The monoisotopic (exact) mass is 496 g/mol. The average Bonchev–Trinajstić information content (AvgIpc) is 3.61. The van der Waals surface area contributed by atoms with Gasteiger partial charge in [-0.1, -0.05) is 25.3 Å². The highest BCUT2D eigenvalue weighted by Gasteiger charge is 2.23. The Balaban J connectivity index is 1.38. The van der Waals surface area contributed by atoms with Gasteiger partial charge in [0.2, 0.25) is 5.95 Å². The van der Waals surface area contributed by atoms with Gasteiger partial charge in [0.05, 0.1) is 30.4 Å². The van der Waals surface area contributed by atoms with Crippen LogP contribution in [0, 0.1) is 6.92 Å². The lowest BCUT2D eigenvalue weighted by atomic mass is 9.95. The molecule has 9 heteroatoms. The summed E-state index contributed by atoms with van der Waals surface area (Å²) in [4.78, 5) is 14.3. The van der Waals surface area contributed by atoms with Crippen LogP contribution < -0.4 is 10.1 Å². The van der Waals surface area contributed by atoms with Crippen molar-refractivity contribution in [1.82, 2.24) is 33.9 Å². The molecule has 1 fully saturated rings. The molecule has 4 aromatic heterocycles. The van der Waals surface area contributed by atoms with Crippen molar-refractivity contribution in [3.05, 3.63) is 54.9 Å². The fourth-order valence-electron chi connectivity index (χ4n) is 5.33. The van der Waals surface area contributed by atoms with Gasteiger partial charge in [-0.05, 0) is 38.0 Å². The van der Waals surface area contributed by atoms with Crippen molar-refractivity contribution in [3.63, 3.8) is 0 Å². The maximum Gasteiger partial charge on any atom is 0.229 e. The number of rotatable bonds is 6. The summed E-state index contributed by atoms with van der Waals surface area (Å²) >= 11 is 0. The first-order chi connectivity index (χ1) is 18.0. The molecular weight excluding hydrogens is 464 g/mol. The third-order valence-corrected chi connectivity index (χ3v) is 7.37. The Kier molecular flexibility index (Phi) is 5.90. The SMILES string of the molecule is COc1cc(-c2cn(C)c(C)n2)ccc1Nc1ncc2cc(-c3cnn(C)c3)n(C3CCCCC3)c2n1. The maximum absolute atomic E-state index is 5.72. The lowest BCUT2D eigenvalue weighted by molar-refractivity contribution is 0.362. The molecule has 1 saturated carbocycles. The molecule has 0 amide bonds. The van der Waals surface area contributed by atoms with Gasteiger partial charge in [-0.2, -0.15) is 10.1 Å². The predicted molar refractivity (Wildman–Crippen MR) is 145 cm³/mol. The number of nitrogens with zero attached hydrogens (tertiary/aromatic N) is 7. The van der Waals surface area contributed by atoms with Crippen LogP contribution in [0.4, 0.5) is 11.6 Å². The molecule has 190 valence electrons. The molecule has 0 spiro atoms. The van der Waals surface area contributed by atoms with Crippen molar-refractivity contribution < 1.29 is 4.74 Å². The van der Waals surface area contributed by atoms with E-state index in [1.54, 1.807) is 7.11 Å². The third-order valence-electron chi connectivity index (χ3n) is 7.37. The summed E-state index contributed by atoms with van der Waals surface area (Å²) in [7, 11) is 5.62. The zero-order chi connectivity index (χ0) is 25.5. The first kappa shape index (κ1) is 23.3. The lowest BCUT2D eigenvalue weighted by Gasteiger charge is -2.25. The minimum Gasteiger partial charge on any atom is -0.495 e. The van der Waals surface area contributed by atoms with E-state index >= 15 is 0 Å². The zero-order valence-corrected chi connectivity index (χ0v) is 21.8. The molecule has 0 bridgehead atoms. The summed E-state index contributed by atoms with van der Waals surface area (Å²) in [5.41, 5.74) is 5.91. The van der Waals surface area contributed by atoms with E-state index in [9.17, 15) is 0 Å². The van der Waals surface area contributed by atoms with E-state index < -0.39 is 0 Å². The third kappa shape index (κ3) is 4.34. The summed E-state index contributed by atoms with van der Waals surface area (Å²) < 4.78 is 12.0. The van der Waals surface area contributed by atoms with E-state index in [1.165, 1.54) is 19.3 Å². The fraction of sp³-hybridized carbons (Fsp3) is 0.357. The molecule has 5 aromatic rings. The molecule has 1 N–H and O–H groups in total. The number of benzene rings is 1. The molecule has 37 heavy (non-hydrogen) atoms. The van der Waals surface area contributed by atoms with E-state index in [0.717, 1.165) is 57.9 Å². The number of hydrogen-bond donors (Lipinski definition) is 1. The number of anilines is 2. The molecule has 0 aliphatic heterocycles. The molecule has 1 aliphatic rings. The Labute approximate surface area is 216 Å². The van der Waals surface area contributed by atoms with Gasteiger partial charge in [-0.25, -0.2) is 9.97 Å². The maximum atomic E-state index is 5.72. The molecule has 4 heterocycles. The van der Waals surface area contributed by atoms with Crippen LogP contribution in [-0.2, 0) is 14.1 Å². The van der Waals surface area contributed by atoms with Crippen molar-refractivity contribution in [1.29, 1.82) is 0 Å². The minimum atomic E-state index is 0.417.